The summed E-state index contributed by atoms with van der Waals surface area (Å²) in [5.74, 6) is -0.192. The molecule has 1 aromatic heterocycles. The Kier molecular flexibility index (Phi) is 5.91. The molecule has 5 rings (SSSR count). The van der Waals surface area contributed by atoms with Gasteiger partial charge in [0.05, 0.1) is 18.1 Å². The van der Waals surface area contributed by atoms with E-state index in [1.54, 1.807) is 30.3 Å². The lowest BCUT2D eigenvalue weighted by Gasteiger charge is -2.18. The van der Waals surface area contributed by atoms with Gasteiger partial charge in [0.2, 0.25) is 5.91 Å². The van der Waals surface area contributed by atoms with Crippen LogP contribution < -0.4 is 10.1 Å². The van der Waals surface area contributed by atoms with E-state index >= 15 is 0 Å². The predicted molar refractivity (Wildman–Crippen MR) is 128 cm³/mol. The zero-order chi connectivity index (χ0) is 25.5. The number of amides is 1. The lowest BCUT2D eigenvalue weighted by molar-refractivity contribution is -0.138. The number of anilines is 1. The number of halogens is 4. The Labute approximate surface area is 208 Å². The average molecular weight is 514 g/mol. The van der Waals surface area contributed by atoms with Crippen molar-refractivity contribution >= 4 is 23.2 Å². The Balaban J connectivity index is 1.51. The summed E-state index contributed by atoms with van der Waals surface area (Å²) in [5, 5.41) is 17.4. The minimum absolute atomic E-state index is 0.171. The average Bonchev–Trinajstić information content (AvgIpc) is 3.50. The molecule has 11 heteroatoms. The number of benzene rings is 3. The lowest BCUT2D eigenvalue weighted by Crippen LogP contribution is -2.27. The van der Waals surface area contributed by atoms with Crippen LogP contribution in [0.4, 0.5) is 18.9 Å². The predicted octanol–water partition coefficient (Wildman–Crippen LogP) is 5.88. The highest BCUT2D eigenvalue weighted by molar-refractivity contribution is 6.30. The second-order valence-electron chi connectivity index (χ2n) is 8.47. The molecule has 0 unspecified atom stereocenters. The summed E-state index contributed by atoms with van der Waals surface area (Å²) in [6.07, 6.45) is -3.17. The maximum Gasteiger partial charge on any atom is 0.419 e. The highest BCUT2D eigenvalue weighted by Gasteiger charge is 2.51. The van der Waals surface area contributed by atoms with Crippen LogP contribution in [0.1, 0.15) is 24.0 Å². The molecule has 1 fully saturated rings. The first-order chi connectivity index (χ1) is 17.2. The molecule has 0 atom stereocenters. The minimum atomic E-state index is -4.56. The molecule has 2 N–H and O–H groups in total. The molecule has 4 aromatic rings. The summed E-state index contributed by atoms with van der Waals surface area (Å²) < 4.78 is 45.0. The topological polar surface area (TPSA) is 92.8 Å². The van der Waals surface area contributed by atoms with Gasteiger partial charge in [0, 0.05) is 16.3 Å². The van der Waals surface area contributed by atoms with Crippen LogP contribution in [0.2, 0.25) is 5.02 Å². The Morgan fingerprint density at radius 2 is 1.89 bits per heavy atom. The van der Waals surface area contributed by atoms with Crippen LogP contribution >= 0.6 is 11.6 Å². The van der Waals surface area contributed by atoms with E-state index in [2.05, 4.69) is 25.9 Å². The molecule has 1 amide bonds. The monoisotopic (exact) mass is 513 g/mol. The summed E-state index contributed by atoms with van der Waals surface area (Å²) >= 11 is 6.13. The molecule has 1 saturated carbocycles. The second-order valence-corrected chi connectivity index (χ2v) is 8.91. The fourth-order valence-corrected chi connectivity index (χ4v) is 4.43. The molecule has 0 aliphatic heterocycles. The van der Waals surface area contributed by atoms with Gasteiger partial charge >= 0.3 is 6.18 Å². The first-order valence-electron chi connectivity index (χ1n) is 10.9. The number of ether oxygens (including phenoxy) is 1. The minimum Gasteiger partial charge on any atom is -0.496 e. The highest BCUT2D eigenvalue weighted by Crippen LogP contribution is 2.49. The van der Waals surface area contributed by atoms with E-state index in [4.69, 9.17) is 16.3 Å². The Hall–Kier alpha value is -3.92. The van der Waals surface area contributed by atoms with Crippen LogP contribution in [-0.2, 0) is 16.4 Å². The van der Waals surface area contributed by atoms with Crippen molar-refractivity contribution in [2.75, 3.05) is 12.4 Å². The summed E-state index contributed by atoms with van der Waals surface area (Å²) in [4.78, 5) is 13.3. The standard InChI is InChI=1S/C25H19ClF3N5O2/c1-36-21-11-14(5-8-20(21)25(27,28)29)18-7-6-17(13-19(18)22-31-33-34-32-22)30-23(35)24(9-10-24)15-3-2-4-16(26)12-15/h2-8,11-13H,9-10H2,1H3,(H,30,35)(H,31,32,33,34). The molecule has 0 saturated heterocycles. The molecule has 184 valence electrons. The van der Waals surface area contributed by atoms with Gasteiger partial charge in [-0.2, -0.15) is 13.2 Å². The molecule has 0 spiro atoms. The van der Waals surface area contributed by atoms with Gasteiger partial charge in [-0.1, -0.05) is 35.9 Å². The third-order valence-electron chi connectivity index (χ3n) is 6.26. The lowest BCUT2D eigenvalue weighted by atomic mass is 9.94. The number of carbonyl (C=O) groups excluding carboxylic acids is 1. The SMILES string of the molecule is COc1cc(-c2ccc(NC(=O)C3(c4cccc(Cl)c4)CC3)cc2-c2nnn[nH]2)ccc1C(F)(F)F. The normalized spacial score (nSPS) is 14.4. The van der Waals surface area contributed by atoms with E-state index in [0.717, 1.165) is 11.6 Å². The largest absolute Gasteiger partial charge is 0.496 e. The fraction of sp³-hybridized carbons (Fsp3) is 0.200. The van der Waals surface area contributed by atoms with Crippen LogP contribution in [-0.4, -0.2) is 33.6 Å². The number of rotatable bonds is 6. The third kappa shape index (κ3) is 4.39. The van der Waals surface area contributed by atoms with Crippen LogP contribution in [0.25, 0.3) is 22.5 Å². The number of carbonyl (C=O) groups is 1. The zero-order valence-electron chi connectivity index (χ0n) is 18.9. The number of hydrogen-bond donors (Lipinski definition) is 2. The molecule has 36 heavy (non-hydrogen) atoms. The molecule has 1 heterocycles. The van der Waals surface area contributed by atoms with Gasteiger partial charge in [-0.05, 0) is 76.4 Å². The van der Waals surface area contributed by atoms with Crippen LogP contribution in [0.5, 0.6) is 5.75 Å². The van der Waals surface area contributed by atoms with Gasteiger partial charge < -0.3 is 10.1 Å². The summed E-state index contributed by atoms with van der Waals surface area (Å²) in [5.41, 5.74) is 1.31. The van der Waals surface area contributed by atoms with E-state index in [-0.39, 0.29) is 17.5 Å². The van der Waals surface area contributed by atoms with E-state index in [0.29, 0.717) is 40.2 Å². The third-order valence-corrected chi connectivity index (χ3v) is 6.49. The summed E-state index contributed by atoms with van der Waals surface area (Å²) in [7, 11) is 1.18. The van der Waals surface area contributed by atoms with E-state index in [9.17, 15) is 18.0 Å². The molecule has 1 aliphatic carbocycles. The summed E-state index contributed by atoms with van der Waals surface area (Å²) in [6, 6.07) is 15.9. The van der Waals surface area contributed by atoms with Gasteiger partial charge in [0.25, 0.3) is 0 Å². The zero-order valence-corrected chi connectivity index (χ0v) is 19.6. The van der Waals surface area contributed by atoms with Crippen molar-refractivity contribution in [3.05, 3.63) is 76.8 Å². The Bertz CT molecular complexity index is 1440. The maximum atomic E-state index is 13.3. The number of nitrogens with zero attached hydrogens (tertiary/aromatic N) is 3. The molecule has 7 nitrogen and oxygen atoms in total. The van der Waals surface area contributed by atoms with Crippen LogP contribution in [0.3, 0.4) is 0 Å². The number of aromatic amines is 1. The Morgan fingerprint density at radius 3 is 2.53 bits per heavy atom. The van der Waals surface area contributed by atoms with Gasteiger partial charge in [0.1, 0.15) is 5.75 Å². The molecule has 0 bridgehead atoms. The van der Waals surface area contributed by atoms with Gasteiger partial charge in [0.15, 0.2) is 5.82 Å². The number of nitrogens with one attached hydrogen (secondary N) is 2. The Morgan fingerprint density at radius 1 is 1.08 bits per heavy atom. The molecular weight excluding hydrogens is 495 g/mol. The van der Waals surface area contributed by atoms with Crippen LogP contribution in [0.15, 0.2) is 60.7 Å². The summed E-state index contributed by atoms with van der Waals surface area (Å²) in [6.45, 7) is 0. The first kappa shape index (κ1) is 23.8. The number of tetrazole rings is 1. The van der Waals surface area contributed by atoms with Crippen molar-refractivity contribution in [2.45, 2.75) is 24.4 Å². The second kappa shape index (κ2) is 8.94. The van der Waals surface area contributed by atoms with Crippen LogP contribution in [0, 0.1) is 0 Å². The number of aromatic nitrogens is 4. The smallest absolute Gasteiger partial charge is 0.419 e. The molecule has 1 aliphatic rings. The fourth-order valence-electron chi connectivity index (χ4n) is 4.24. The number of alkyl halides is 3. The van der Waals surface area contributed by atoms with E-state index < -0.39 is 17.2 Å². The van der Waals surface area contributed by atoms with Crippen molar-refractivity contribution in [3.63, 3.8) is 0 Å². The first-order valence-corrected chi connectivity index (χ1v) is 11.3. The van der Waals surface area contributed by atoms with Gasteiger partial charge in [-0.3, -0.25) is 4.79 Å². The number of methoxy groups -OCH3 is 1. The van der Waals surface area contributed by atoms with E-state index in [1.165, 1.54) is 19.2 Å². The number of hydrogen-bond acceptors (Lipinski definition) is 5. The molecule has 0 radical (unpaired) electrons. The van der Waals surface area contributed by atoms with Crippen molar-refractivity contribution in [3.8, 4) is 28.3 Å². The maximum absolute atomic E-state index is 13.3. The van der Waals surface area contributed by atoms with Crippen molar-refractivity contribution in [2.24, 2.45) is 0 Å². The number of H-pyrrole nitrogens is 1. The van der Waals surface area contributed by atoms with Crippen molar-refractivity contribution in [1.29, 1.82) is 0 Å². The van der Waals surface area contributed by atoms with Gasteiger partial charge in [-0.15, -0.1) is 5.10 Å². The molecule has 3 aromatic carbocycles. The van der Waals surface area contributed by atoms with Crippen molar-refractivity contribution in [1.82, 2.24) is 20.6 Å². The van der Waals surface area contributed by atoms with Crippen molar-refractivity contribution < 1.29 is 22.7 Å². The highest BCUT2D eigenvalue weighted by atomic mass is 35.5. The molecular formula is C25H19ClF3N5O2. The van der Waals surface area contributed by atoms with Gasteiger partial charge in [-0.25, -0.2) is 5.10 Å². The quantitative estimate of drug-likeness (QED) is 0.335. The van der Waals surface area contributed by atoms with E-state index in [1.807, 2.05) is 12.1 Å².